The zero-order chi connectivity index (χ0) is 44.3. The number of carbonyl (C=O) groups excluding carboxylic acids is 2. The second-order valence-electron chi connectivity index (χ2n) is 13.2. The van der Waals surface area contributed by atoms with E-state index in [1.165, 1.54) is 52.0 Å². The summed E-state index contributed by atoms with van der Waals surface area (Å²) in [6.07, 6.45) is 0. The van der Waals surface area contributed by atoms with E-state index in [1.807, 2.05) is 0 Å². The zero-order valence-electron chi connectivity index (χ0n) is 31.2. The molecule has 0 spiro atoms. The number of anilines is 2. The van der Waals surface area contributed by atoms with Gasteiger partial charge in [-0.05, 0) is 112 Å². The molecule has 4 aromatic carbocycles. The smallest absolute Gasteiger partial charge is 0.282 e. The van der Waals surface area contributed by atoms with Crippen LogP contribution in [-0.2, 0) is 50.1 Å². The third kappa shape index (κ3) is 8.80. The van der Waals surface area contributed by atoms with Crippen LogP contribution < -0.4 is 10.0 Å². The number of nitrogens with zero attached hydrogens (tertiary/aromatic N) is 8. The molecular weight excluding hydrogens is 873 g/mol. The van der Waals surface area contributed by atoms with E-state index in [0.717, 1.165) is 58.5 Å². The van der Waals surface area contributed by atoms with Crippen LogP contribution in [0.15, 0.2) is 123 Å². The van der Waals surface area contributed by atoms with Crippen molar-refractivity contribution in [1.29, 1.82) is 0 Å². The number of benzene rings is 4. The molecule has 0 unspecified atom stereocenters. The number of rotatable bonds is 11. The Kier molecular flexibility index (Phi) is 11.3. The maximum atomic E-state index is 13.2. The number of hydrogen-bond donors (Lipinski definition) is 4. The van der Waals surface area contributed by atoms with E-state index in [-0.39, 0.29) is 45.3 Å². The SMILES string of the molecule is CC1=NN(c2ccc(S(=O)(=O)O)cc2)C(=O)[C@H]1N=Nc1cc(S(=O)(=O)O)c(-c2cc(C)c(N=N[C@@H]3C(=O)N(c4ccc(S(=O)(=O)O)cc4)N=C3C)cc2S(=O)(=O)O)cc1C. The summed E-state index contributed by atoms with van der Waals surface area (Å²) in [5.41, 5.74) is -0.295. The van der Waals surface area contributed by atoms with Crippen LogP contribution in [0.5, 0.6) is 0 Å². The van der Waals surface area contributed by atoms with Crippen molar-refractivity contribution in [2.75, 3.05) is 10.0 Å². The molecule has 26 heteroatoms. The van der Waals surface area contributed by atoms with Crippen LogP contribution in [0.2, 0.25) is 0 Å². The zero-order valence-corrected chi connectivity index (χ0v) is 34.4. The quantitative estimate of drug-likeness (QED) is 0.117. The lowest BCUT2D eigenvalue weighted by atomic mass is 9.99. The van der Waals surface area contributed by atoms with Crippen molar-refractivity contribution < 1.29 is 61.5 Å². The largest absolute Gasteiger partial charge is 0.295 e. The summed E-state index contributed by atoms with van der Waals surface area (Å²) >= 11 is 0. The predicted octanol–water partition coefficient (Wildman–Crippen LogP) is 4.71. The maximum Gasteiger partial charge on any atom is 0.295 e. The van der Waals surface area contributed by atoms with E-state index >= 15 is 0 Å². The first-order valence-corrected chi connectivity index (χ1v) is 22.5. The van der Waals surface area contributed by atoms with Gasteiger partial charge >= 0.3 is 0 Å². The van der Waals surface area contributed by atoms with Gasteiger partial charge in [-0.1, -0.05) is 0 Å². The molecule has 0 fully saturated rings. The van der Waals surface area contributed by atoms with Crippen LogP contribution in [0, 0.1) is 13.8 Å². The van der Waals surface area contributed by atoms with E-state index in [2.05, 4.69) is 30.7 Å². The van der Waals surface area contributed by atoms with Crippen LogP contribution in [0.1, 0.15) is 25.0 Å². The van der Waals surface area contributed by atoms with Crippen LogP contribution >= 0.6 is 0 Å². The fourth-order valence-electron chi connectivity index (χ4n) is 5.92. The van der Waals surface area contributed by atoms with E-state index in [4.69, 9.17) is 0 Å². The van der Waals surface area contributed by atoms with E-state index in [1.54, 1.807) is 0 Å². The highest BCUT2D eigenvalue weighted by Gasteiger charge is 2.36. The Bertz CT molecular complexity index is 2870. The molecule has 4 aromatic rings. The summed E-state index contributed by atoms with van der Waals surface area (Å²) in [7, 11) is -19.4. The van der Waals surface area contributed by atoms with Gasteiger partial charge in [0.1, 0.15) is 9.79 Å². The molecule has 0 saturated heterocycles. The molecule has 0 aromatic heterocycles. The molecule has 0 aliphatic carbocycles. The Morgan fingerprint density at radius 3 is 1.10 bits per heavy atom. The lowest BCUT2D eigenvalue weighted by Crippen LogP contribution is -2.29. The van der Waals surface area contributed by atoms with E-state index in [0.29, 0.717) is 0 Å². The average Bonchev–Trinajstić information content (AvgIpc) is 3.60. The summed E-state index contributed by atoms with van der Waals surface area (Å²) in [6, 6.07) is 10.5. The highest BCUT2D eigenvalue weighted by molar-refractivity contribution is 7.86. The molecular formula is C34H30N8O14S4. The van der Waals surface area contributed by atoms with Gasteiger partial charge in [-0.3, -0.25) is 27.8 Å². The fourth-order valence-corrected chi connectivity index (χ4v) is 8.30. The lowest BCUT2D eigenvalue weighted by molar-refractivity contribution is -0.118. The highest BCUT2D eigenvalue weighted by atomic mass is 32.2. The lowest BCUT2D eigenvalue weighted by Gasteiger charge is -2.15. The van der Waals surface area contributed by atoms with Crippen LogP contribution in [0.25, 0.3) is 11.1 Å². The molecule has 2 aliphatic heterocycles. The Labute approximate surface area is 341 Å². The number of carbonyl (C=O) groups is 2. The van der Waals surface area contributed by atoms with Crippen LogP contribution in [0.4, 0.5) is 22.7 Å². The van der Waals surface area contributed by atoms with Gasteiger partial charge in [-0.15, -0.1) is 0 Å². The van der Waals surface area contributed by atoms with Crippen molar-refractivity contribution in [2.45, 2.75) is 59.4 Å². The van der Waals surface area contributed by atoms with Gasteiger partial charge in [0, 0.05) is 11.1 Å². The van der Waals surface area contributed by atoms with Gasteiger partial charge in [0.2, 0.25) is 0 Å². The van der Waals surface area contributed by atoms with E-state index < -0.39 is 95.1 Å². The van der Waals surface area contributed by atoms with Gasteiger partial charge in [0.05, 0.1) is 44.0 Å². The molecule has 60 heavy (non-hydrogen) atoms. The maximum absolute atomic E-state index is 13.2. The van der Waals surface area contributed by atoms with Gasteiger partial charge in [0.15, 0.2) is 12.1 Å². The van der Waals surface area contributed by atoms with E-state index in [9.17, 15) is 61.5 Å². The first-order chi connectivity index (χ1) is 27.8. The summed E-state index contributed by atoms with van der Waals surface area (Å²) in [4.78, 5) is 23.9. The molecule has 2 amide bonds. The standard InChI is InChI=1S/C34H30N8O14S4/c1-17-13-25(29(59(51,52)53)15-27(17)35-37-31-19(3)39-41(33(31)43)21-5-9-23(10-6-21)57(45,46)47)26-14-18(2)28(16-30(26)60(54,55)56)36-38-32-20(4)40-42(34(32)44)22-7-11-24(12-8-22)58(48,49)50/h5-16,31-32H,1-4H3,(H,45,46,47)(H,48,49,50)(H,51,52,53)(H,54,55,56)/t31-,32-/m0/s1. The third-order valence-electron chi connectivity index (χ3n) is 8.95. The van der Waals surface area contributed by atoms with Crippen LogP contribution in [-0.4, -0.2) is 87.2 Å². The van der Waals surface area contributed by atoms with Crippen molar-refractivity contribution in [3.8, 4) is 11.1 Å². The normalized spacial score (nSPS) is 17.9. The Hall–Kier alpha value is -6.00. The summed E-state index contributed by atoms with van der Waals surface area (Å²) in [5.74, 6) is -1.45. The molecule has 0 saturated carbocycles. The molecule has 22 nitrogen and oxygen atoms in total. The summed E-state index contributed by atoms with van der Waals surface area (Å²) in [6.45, 7) is 5.76. The minimum absolute atomic E-state index is 0.128. The number of azo groups is 2. The molecule has 2 heterocycles. The van der Waals surface area contributed by atoms with Gasteiger partial charge in [-0.25, -0.2) is 0 Å². The number of hydrazone groups is 2. The van der Waals surface area contributed by atoms with Crippen molar-refractivity contribution in [1.82, 2.24) is 0 Å². The number of aryl methyl sites for hydroxylation is 2. The van der Waals surface area contributed by atoms with Crippen LogP contribution in [0.3, 0.4) is 0 Å². The topological polar surface area (TPSA) is 332 Å². The molecule has 2 atom stereocenters. The number of amides is 2. The molecule has 4 N–H and O–H groups in total. The second-order valence-corrected chi connectivity index (χ2v) is 18.8. The molecule has 314 valence electrons. The Morgan fingerprint density at radius 2 is 0.817 bits per heavy atom. The first kappa shape index (κ1) is 43.6. The molecule has 0 bridgehead atoms. The minimum atomic E-state index is -5.17. The molecule has 2 aliphatic rings. The third-order valence-corrected chi connectivity index (χ3v) is 12.5. The second kappa shape index (κ2) is 15.6. The highest BCUT2D eigenvalue weighted by Crippen LogP contribution is 2.40. The van der Waals surface area contributed by atoms with Crippen molar-refractivity contribution in [3.63, 3.8) is 0 Å². The average molecular weight is 903 g/mol. The van der Waals surface area contributed by atoms with Gasteiger partial charge in [0.25, 0.3) is 52.3 Å². The predicted molar refractivity (Wildman–Crippen MR) is 211 cm³/mol. The Balaban J connectivity index is 1.31. The van der Waals surface area contributed by atoms with Crippen molar-refractivity contribution in [2.24, 2.45) is 30.7 Å². The molecule has 0 radical (unpaired) electrons. The fraction of sp³-hybridized carbons (Fsp3) is 0.176. The van der Waals surface area contributed by atoms with Gasteiger partial charge in [-0.2, -0.15) is 74.3 Å². The monoisotopic (exact) mass is 902 g/mol. The minimum Gasteiger partial charge on any atom is -0.282 e. The first-order valence-electron chi connectivity index (χ1n) is 16.8. The number of hydrogen-bond acceptors (Lipinski definition) is 16. The molecule has 6 rings (SSSR count). The van der Waals surface area contributed by atoms with Crippen molar-refractivity contribution >= 4 is 86.5 Å². The van der Waals surface area contributed by atoms with Gasteiger partial charge < -0.3 is 0 Å². The summed E-state index contributed by atoms with van der Waals surface area (Å²) < 4.78 is 136. The van der Waals surface area contributed by atoms with Crippen molar-refractivity contribution in [3.05, 3.63) is 83.9 Å². The summed E-state index contributed by atoms with van der Waals surface area (Å²) in [5, 5.41) is 26.2. The Morgan fingerprint density at radius 1 is 0.500 bits per heavy atom.